The van der Waals surface area contributed by atoms with Gasteiger partial charge in [0.1, 0.15) is 12.6 Å². The molecule has 1 saturated heterocycles. The topological polar surface area (TPSA) is 198 Å². The van der Waals surface area contributed by atoms with Crippen LogP contribution in [0.1, 0.15) is 24.8 Å². The number of carbonyl (C=O) groups excluding carboxylic acids is 2. The molecule has 1 aliphatic rings. The summed E-state index contributed by atoms with van der Waals surface area (Å²) >= 11 is 0. The highest BCUT2D eigenvalue weighted by Gasteiger charge is 2.27. The molecule has 0 saturated carbocycles. The van der Waals surface area contributed by atoms with E-state index in [4.69, 9.17) is 16.3 Å². The molecule has 2 atom stereocenters. The Morgan fingerprint density at radius 1 is 1.05 bits per heavy atom. The molecular weight excluding hydrogens is 562 g/mol. The van der Waals surface area contributed by atoms with E-state index < -0.39 is 27.8 Å². The molecule has 42 heavy (non-hydrogen) atoms. The number of nitrogens with one attached hydrogen (secondary N) is 2. The lowest BCUT2D eigenvalue weighted by Gasteiger charge is -2.33. The second-order valence-corrected chi connectivity index (χ2v) is 11.6. The van der Waals surface area contributed by atoms with E-state index in [1.54, 1.807) is 4.90 Å². The Hall–Kier alpha value is -4.24. The maximum atomic E-state index is 13.5. The number of nitrogens with two attached hydrogens (primary N) is 2. The number of hydrogen-bond acceptors (Lipinski definition) is 9. The maximum absolute atomic E-state index is 13.5. The van der Waals surface area contributed by atoms with Crippen molar-refractivity contribution in [1.29, 1.82) is 0 Å². The van der Waals surface area contributed by atoms with E-state index in [1.807, 2.05) is 37.4 Å². The van der Waals surface area contributed by atoms with E-state index in [0.717, 1.165) is 24.1 Å². The molecule has 3 rings (SSSR count). The van der Waals surface area contributed by atoms with E-state index in [-0.39, 0.29) is 30.2 Å². The average Bonchev–Trinajstić information content (AvgIpc) is 2.98. The zero-order valence-electron chi connectivity index (χ0n) is 23.6. The lowest BCUT2D eigenvalue weighted by Crippen LogP contribution is -2.56. The fourth-order valence-electron chi connectivity index (χ4n) is 4.15. The number of piperazine rings is 1. The fourth-order valence-corrected chi connectivity index (χ4v) is 5.08. The SMILES string of the molecule is CN1CCN(C(=O)N[C@@H](CCCON=C(N)N)C(=O)N[C@H](/C=C/S(=O)(=O)c2ncccn2)CCc2ccccc2)CC1. The molecule has 0 aliphatic carbocycles. The minimum atomic E-state index is -3.94. The van der Waals surface area contributed by atoms with Crippen molar-refractivity contribution in [2.45, 2.75) is 42.9 Å². The maximum Gasteiger partial charge on any atom is 0.318 e. The third-order valence-electron chi connectivity index (χ3n) is 6.50. The molecule has 0 radical (unpaired) electrons. The predicted octanol–water partition coefficient (Wildman–Crippen LogP) is 0.192. The van der Waals surface area contributed by atoms with Crippen LogP contribution in [0, 0.1) is 0 Å². The highest BCUT2D eigenvalue weighted by molar-refractivity contribution is 7.94. The molecule has 228 valence electrons. The Morgan fingerprint density at radius 2 is 1.74 bits per heavy atom. The van der Waals surface area contributed by atoms with Crippen LogP contribution in [0.25, 0.3) is 0 Å². The Morgan fingerprint density at radius 3 is 2.40 bits per heavy atom. The average molecular weight is 602 g/mol. The first kappa shape index (κ1) is 32.3. The van der Waals surface area contributed by atoms with Gasteiger partial charge in [-0.15, -0.1) is 0 Å². The molecule has 2 heterocycles. The number of nitrogens with zero attached hydrogens (tertiary/aromatic N) is 5. The van der Waals surface area contributed by atoms with Crippen LogP contribution in [-0.2, 0) is 25.9 Å². The molecule has 0 bridgehead atoms. The number of sulfone groups is 1. The van der Waals surface area contributed by atoms with Gasteiger partial charge in [0.15, 0.2) is 0 Å². The first-order valence-corrected chi connectivity index (χ1v) is 15.2. The molecule has 3 amide bonds. The smallest absolute Gasteiger partial charge is 0.318 e. The summed E-state index contributed by atoms with van der Waals surface area (Å²) in [7, 11) is -1.96. The normalized spacial score (nSPS) is 15.5. The van der Waals surface area contributed by atoms with Crippen LogP contribution < -0.4 is 22.1 Å². The van der Waals surface area contributed by atoms with Crippen LogP contribution in [0.3, 0.4) is 0 Å². The van der Waals surface area contributed by atoms with Gasteiger partial charge in [0.2, 0.25) is 21.7 Å². The van der Waals surface area contributed by atoms with Gasteiger partial charge in [0, 0.05) is 50.0 Å². The van der Waals surface area contributed by atoms with Crippen molar-refractivity contribution in [3.05, 3.63) is 65.8 Å². The number of aryl methyl sites for hydroxylation is 1. The van der Waals surface area contributed by atoms with Gasteiger partial charge in [0.05, 0.1) is 0 Å². The molecule has 6 N–H and O–H groups in total. The van der Waals surface area contributed by atoms with Crippen molar-refractivity contribution < 1.29 is 22.8 Å². The van der Waals surface area contributed by atoms with E-state index in [1.165, 1.54) is 24.5 Å². The number of aromatic nitrogens is 2. The Kier molecular flexibility index (Phi) is 12.5. The lowest BCUT2D eigenvalue weighted by atomic mass is 10.0. The third kappa shape index (κ3) is 11.0. The first-order valence-electron chi connectivity index (χ1n) is 13.6. The molecular formula is C27H39N9O5S. The zero-order chi connectivity index (χ0) is 30.4. The lowest BCUT2D eigenvalue weighted by molar-refractivity contribution is -0.123. The summed E-state index contributed by atoms with van der Waals surface area (Å²) in [5.74, 6) is -0.688. The van der Waals surface area contributed by atoms with Gasteiger partial charge < -0.3 is 36.7 Å². The number of rotatable bonds is 14. The number of amides is 3. The van der Waals surface area contributed by atoms with Crippen LogP contribution in [0.4, 0.5) is 4.79 Å². The standard InChI is InChI=1S/C27H39N9O5S/c1-35-15-17-36(18-16-35)27(38)33-23(9-5-19-41-34-25(28)29)24(37)32-22(11-10-21-7-3-2-4-8-21)12-20-42(39,40)26-30-13-6-14-31-26/h2-4,6-8,12-14,20,22-23H,5,9-11,15-19H2,1H3,(H,32,37)(H,33,38)(H4,28,29,34)/b20-12+/t22-,23-/m0/s1. The number of oxime groups is 1. The van der Waals surface area contributed by atoms with E-state index in [2.05, 4.69) is 30.7 Å². The van der Waals surface area contributed by atoms with Crippen LogP contribution in [0.5, 0.6) is 0 Å². The number of likely N-dealkylation sites (N-methyl/N-ethyl adjacent to an activating group) is 1. The number of guanidine groups is 1. The summed E-state index contributed by atoms with van der Waals surface area (Å²) < 4.78 is 25.6. The van der Waals surface area contributed by atoms with Crippen molar-refractivity contribution in [2.24, 2.45) is 16.6 Å². The van der Waals surface area contributed by atoms with Crippen molar-refractivity contribution in [3.8, 4) is 0 Å². The molecule has 1 aliphatic heterocycles. The molecule has 1 aromatic carbocycles. The first-order chi connectivity index (χ1) is 20.1. The van der Waals surface area contributed by atoms with Crippen molar-refractivity contribution >= 4 is 27.7 Å². The van der Waals surface area contributed by atoms with Crippen molar-refractivity contribution in [3.63, 3.8) is 0 Å². The summed E-state index contributed by atoms with van der Waals surface area (Å²) in [4.78, 5) is 43.0. The van der Waals surface area contributed by atoms with Gasteiger partial charge in [-0.05, 0) is 49.5 Å². The number of carbonyl (C=O) groups is 2. The molecule has 1 fully saturated rings. The second kappa shape index (κ2) is 16.3. The van der Waals surface area contributed by atoms with Gasteiger partial charge in [-0.2, -0.15) is 0 Å². The minimum absolute atomic E-state index is 0.124. The molecule has 0 unspecified atom stereocenters. The van der Waals surface area contributed by atoms with E-state index >= 15 is 0 Å². The summed E-state index contributed by atoms with van der Waals surface area (Å²) in [5.41, 5.74) is 11.6. The van der Waals surface area contributed by atoms with Gasteiger partial charge in [-0.3, -0.25) is 4.79 Å². The summed E-state index contributed by atoms with van der Waals surface area (Å²) in [6.45, 7) is 2.64. The minimum Gasteiger partial charge on any atom is -0.393 e. The Bertz CT molecular complexity index is 1300. The number of hydrogen-bond donors (Lipinski definition) is 4. The molecule has 0 spiro atoms. The molecule has 1 aromatic heterocycles. The molecule has 2 aromatic rings. The van der Waals surface area contributed by atoms with Crippen LogP contribution in [-0.4, -0.2) is 98.0 Å². The number of urea groups is 1. The monoisotopic (exact) mass is 601 g/mol. The van der Waals surface area contributed by atoms with Crippen LogP contribution in [0.2, 0.25) is 0 Å². The van der Waals surface area contributed by atoms with E-state index in [0.29, 0.717) is 32.4 Å². The second-order valence-electron chi connectivity index (χ2n) is 9.83. The van der Waals surface area contributed by atoms with Crippen LogP contribution in [0.15, 0.2) is 70.6 Å². The third-order valence-corrected chi connectivity index (χ3v) is 7.74. The highest BCUT2D eigenvalue weighted by Crippen LogP contribution is 2.11. The van der Waals surface area contributed by atoms with Crippen molar-refractivity contribution in [2.75, 3.05) is 39.8 Å². The molecule has 15 heteroatoms. The van der Waals surface area contributed by atoms with Gasteiger partial charge in [0.25, 0.3) is 5.16 Å². The van der Waals surface area contributed by atoms with Crippen LogP contribution >= 0.6 is 0 Å². The van der Waals surface area contributed by atoms with E-state index in [9.17, 15) is 18.0 Å². The van der Waals surface area contributed by atoms with Gasteiger partial charge in [-0.25, -0.2) is 23.2 Å². The molecule has 14 nitrogen and oxygen atoms in total. The quantitative estimate of drug-likeness (QED) is 0.0762. The summed E-state index contributed by atoms with van der Waals surface area (Å²) in [6.07, 6.45) is 5.67. The van der Waals surface area contributed by atoms with Crippen molar-refractivity contribution in [1.82, 2.24) is 30.4 Å². The largest absolute Gasteiger partial charge is 0.393 e. The summed E-state index contributed by atoms with van der Waals surface area (Å²) in [5, 5.41) is 9.87. The zero-order valence-corrected chi connectivity index (χ0v) is 24.4. The highest BCUT2D eigenvalue weighted by atomic mass is 32.2. The fraction of sp³-hybridized carbons (Fsp3) is 0.444. The Labute approximate surface area is 246 Å². The van der Waals surface area contributed by atoms with Gasteiger partial charge >= 0.3 is 6.03 Å². The predicted molar refractivity (Wildman–Crippen MR) is 157 cm³/mol. The van der Waals surface area contributed by atoms with Gasteiger partial charge in [-0.1, -0.05) is 36.4 Å². The summed E-state index contributed by atoms with van der Waals surface area (Å²) in [6, 6.07) is 9.20. The number of benzene rings is 1. The Balaban J connectivity index is 1.75.